The van der Waals surface area contributed by atoms with Crippen molar-refractivity contribution in [3.63, 3.8) is 0 Å². The van der Waals surface area contributed by atoms with E-state index in [1.165, 1.54) is 48.7 Å². The third-order valence-corrected chi connectivity index (χ3v) is 5.05. The van der Waals surface area contributed by atoms with Crippen LogP contribution in [0.25, 0.3) is 22.2 Å². The highest BCUT2D eigenvalue weighted by Crippen LogP contribution is 2.39. The summed E-state index contributed by atoms with van der Waals surface area (Å²) < 4.78 is 86.3. The molecule has 0 aliphatic carbocycles. The number of aromatic nitrogens is 3. The molecule has 0 bridgehead atoms. The summed E-state index contributed by atoms with van der Waals surface area (Å²) in [5.41, 5.74) is -1.95. The first-order chi connectivity index (χ1) is 16.6. The second kappa shape index (κ2) is 9.49. The zero-order valence-electron chi connectivity index (χ0n) is 18.2. The number of anilines is 2. The Hall–Kier alpha value is -3.73. The smallest absolute Gasteiger partial charge is 0.374 e. The van der Waals surface area contributed by atoms with Crippen LogP contribution in [0.2, 0.25) is 0 Å². The van der Waals surface area contributed by atoms with E-state index in [1.54, 1.807) is 6.92 Å². The van der Waals surface area contributed by atoms with Gasteiger partial charge in [0.1, 0.15) is 12.4 Å². The first-order valence-corrected chi connectivity index (χ1v) is 10.4. The number of benzene rings is 2. The minimum atomic E-state index is -4.63. The number of nitrogens with zero attached hydrogens (tertiary/aromatic N) is 3. The molecule has 5 nitrogen and oxygen atoms in total. The molecule has 0 aliphatic rings. The molecule has 0 saturated heterocycles. The van der Waals surface area contributed by atoms with Crippen LogP contribution in [0.3, 0.4) is 0 Å². The van der Waals surface area contributed by atoms with E-state index in [4.69, 9.17) is 4.74 Å². The minimum Gasteiger partial charge on any atom is -0.374 e. The van der Waals surface area contributed by atoms with Gasteiger partial charge in [0.15, 0.2) is 5.82 Å². The molecule has 0 fully saturated rings. The molecule has 0 aliphatic heterocycles. The van der Waals surface area contributed by atoms with Gasteiger partial charge in [-0.25, -0.2) is 9.97 Å². The Labute approximate surface area is 195 Å². The lowest BCUT2D eigenvalue weighted by Gasteiger charge is -2.16. The van der Waals surface area contributed by atoms with E-state index >= 15 is 0 Å². The summed E-state index contributed by atoms with van der Waals surface area (Å²) in [5.74, 6) is 0.213. The van der Waals surface area contributed by atoms with Crippen LogP contribution in [0.15, 0.2) is 60.8 Å². The molecule has 0 atom stereocenters. The van der Waals surface area contributed by atoms with Crippen molar-refractivity contribution in [3.8, 4) is 11.3 Å². The number of hydrogen-bond donors (Lipinski definition) is 1. The third kappa shape index (κ3) is 5.35. The maximum atomic E-state index is 13.5. The van der Waals surface area contributed by atoms with Crippen molar-refractivity contribution in [2.75, 3.05) is 11.9 Å². The van der Waals surface area contributed by atoms with Gasteiger partial charge < -0.3 is 10.1 Å². The molecule has 11 heteroatoms. The Balaban J connectivity index is 1.86. The molecule has 1 N–H and O–H groups in total. The van der Waals surface area contributed by atoms with Gasteiger partial charge in [-0.15, -0.1) is 0 Å². The van der Waals surface area contributed by atoms with Crippen molar-refractivity contribution in [1.29, 1.82) is 0 Å². The predicted molar refractivity (Wildman–Crippen MR) is 118 cm³/mol. The van der Waals surface area contributed by atoms with Crippen LogP contribution >= 0.6 is 0 Å². The number of pyridine rings is 1. The van der Waals surface area contributed by atoms with Crippen molar-refractivity contribution in [2.45, 2.75) is 25.9 Å². The first kappa shape index (κ1) is 24.4. The van der Waals surface area contributed by atoms with Gasteiger partial charge in [-0.1, -0.05) is 18.2 Å². The number of rotatable bonds is 6. The molecular formula is C24H18F6N4O. The van der Waals surface area contributed by atoms with E-state index in [1.807, 2.05) is 0 Å². The van der Waals surface area contributed by atoms with E-state index in [0.717, 1.165) is 12.1 Å². The molecule has 182 valence electrons. The van der Waals surface area contributed by atoms with Gasteiger partial charge in [-0.3, -0.25) is 4.98 Å². The molecule has 0 saturated carbocycles. The van der Waals surface area contributed by atoms with E-state index in [0.29, 0.717) is 12.0 Å². The van der Waals surface area contributed by atoms with Crippen molar-refractivity contribution in [3.05, 3.63) is 77.7 Å². The number of para-hydroxylation sites is 1. The largest absolute Gasteiger partial charge is 0.418 e. The van der Waals surface area contributed by atoms with Gasteiger partial charge in [-0.05, 0) is 43.3 Å². The third-order valence-electron chi connectivity index (χ3n) is 5.05. The van der Waals surface area contributed by atoms with Gasteiger partial charge >= 0.3 is 12.4 Å². The highest BCUT2D eigenvalue weighted by molar-refractivity contribution is 5.93. The molecule has 2 aromatic heterocycles. The van der Waals surface area contributed by atoms with Gasteiger partial charge in [0, 0.05) is 23.8 Å². The van der Waals surface area contributed by atoms with Crippen LogP contribution in [-0.4, -0.2) is 21.6 Å². The lowest BCUT2D eigenvalue weighted by atomic mass is 10.0. The second-order valence-electron chi connectivity index (χ2n) is 7.42. The lowest BCUT2D eigenvalue weighted by molar-refractivity contribution is -0.138. The van der Waals surface area contributed by atoms with Gasteiger partial charge in [0.2, 0.25) is 0 Å². The molecule has 0 spiro atoms. The zero-order valence-corrected chi connectivity index (χ0v) is 18.2. The Kier molecular flexibility index (Phi) is 6.62. The number of nitrogens with one attached hydrogen (secondary N) is 1. The van der Waals surface area contributed by atoms with Crippen LogP contribution in [0.5, 0.6) is 0 Å². The van der Waals surface area contributed by atoms with Crippen molar-refractivity contribution < 1.29 is 31.1 Å². The van der Waals surface area contributed by atoms with E-state index in [2.05, 4.69) is 20.3 Å². The summed E-state index contributed by atoms with van der Waals surface area (Å²) in [6, 6.07) is 11.3. The Morgan fingerprint density at radius 3 is 2.29 bits per heavy atom. The van der Waals surface area contributed by atoms with Crippen molar-refractivity contribution in [2.24, 2.45) is 0 Å². The number of ether oxygens (including phenoxy) is 1. The molecule has 0 unspecified atom stereocenters. The Bertz CT molecular complexity index is 1350. The van der Waals surface area contributed by atoms with E-state index in [9.17, 15) is 26.3 Å². The quantitative estimate of drug-likeness (QED) is 0.294. The summed E-state index contributed by atoms with van der Waals surface area (Å²) in [6.07, 6.45) is -7.99. The van der Waals surface area contributed by atoms with Gasteiger partial charge in [-0.2, -0.15) is 26.3 Å². The molecule has 0 radical (unpaired) electrons. The maximum Gasteiger partial charge on any atom is 0.418 e. The summed E-state index contributed by atoms with van der Waals surface area (Å²) in [4.78, 5) is 12.6. The van der Waals surface area contributed by atoms with Gasteiger partial charge in [0.25, 0.3) is 0 Å². The summed E-state index contributed by atoms with van der Waals surface area (Å²) in [6.45, 7) is 2.05. The Morgan fingerprint density at radius 1 is 0.857 bits per heavy atom. The highest BCUT2D eigenvalue weighted by atomic mass is 19.4. The molecule has 4 rings (SSSR count). The molecule has 2 aromatic carbocycles. The highest BCUT2D eigenvalue weighted by Gasteiger charge is 2.35. The number of halogens is 6. The van der Waals surface area contributed by atoms with Gasteiger partial charge in [0.05, 0.1) is 28.0 Å². The SMILES string of the molecule is CCOCc1nc(Nc2ccccc2C(F)(F)F)c2ccc(-c3ncccc3C(F)(F)F)cc2n1. The normalized spacial score (nSPS) is 12.2. The number of alkyl halides is 6. The fraction of sp³-hybridized carbons (Fsp3) is 0.208. The van der Waals surface area contributed by atoms with Crippen LogP contribution < -0.4 is 5.32 Å². The summed E-state index contributed by atoms with van der Waals surface area (Å²) >= 11 is 0. The van der Waals surface area contributed by atoms with Crippen LogP contribution in [-0.2, 0) is 23.7 Å². The average Bonchev–Trinajstić information content (AvgIpc) is 2.81. The van der Waals surface area contributed by atoms with Crippen molar-refractivity contribution >= 4 is 22.4 Å². The maximum absolute atomic E-state index is 13.5. The van der Waals surface area contributed by atoms with Crippen molar-refractivity contribution in [1.82, 2.24) is 15.0 Å². The first-order valence-electron chi connectivity index (χ1n) is 10.4. The predicted octanol–water partition coefficient (Wildman–Crippen LogP) is 7.01. The number of hydrogen-bond acceptors (Lipinski definition) is 5. The summed E-state index contributed by atoms with van der Waals surface area (Å²) in [5, 5.41) is 3.03. The molecule has 4 aromatic rings. The monoisotopic (exact) mass is 492 g/mol. The second-order valence-corrected chi connectivity index (χ2v) is 7.42. The Morgan fingerprint density at radius 2 is 1.57 bits per heavy atom. The van der Waals surface area contributed by atoms with Crippen LogP contribution in [0.1, 0.15) is 23.9 Å². The fourth-order valence-electron chi connectivity index (χ4n) is 3.51. The molecule has 2 heterocycles. The van der Waals surface area contributed by atoms with E-state index < -0.39 is 23.5 Å². The molecule has 0 amide bonds. The molecular weight excluding hydrogens is 474 g/mol. The topological polar surface area (TPSA) is 59.9 Å². The lowest BCUT2D eigenvalue weighted by Crippen LogP contribution is -2.10. The minimum absolute atomic E-state index is 0.0380. The zero-order chi connectivity index (χ0) is 25.2. The average molecular weight is 492 g/mol. The summed E-state index contributed by atoms with van der Waals surface area (Å²) in [7, 11) is 0. The van der Waals surface area contributed by atoms with E-state index in [-0.39, 0.29) is 40.7 Å². The number of fused-ring (bicyclic) bond motifs is 1. The van der Waals surface area contributed by atoms with Crippen LogP contribution in [0, 0.1) is 0 Å². The van der Waals surface area contributed by atoms with Crippen LogP contribution in [0.4, 0.5) is 37.8 Å². The standard InChI is InChI=1S/C24H18F6N4O/c1-2-35-13-20-32-19-12-14(21-17(24(28,29)30)7-5-11-31-21)9-10-15(19)22(34-20)33-18-8-4-3-6-16(18)23(25,26)27/h3-12H,2,13H2,1H3,(H,32,33,34). The molecule has 35 heavy (non-hydrogen) atoms. The fourth-order valence-corrected chi connectivity index (χ4v) is 3.51.